The van der Waals surface area contributed by atoms with Crippen molar-refractivity contribution >= 4 is 5.97 Å². The van der Waals surface area contributed by atoms with Crippen LogP contribution in [0.5, 0.6) is 0 Å². The highest BCUT2D eigenvalue weighted by molar-refractivity contribution is 5.89. The van der Waals surface area contributed by atoms with Gasteiger partial charge in [0.05, 0.1) is 11.7 Å². The number of ether oxygens (including phenoxy) is 1. The van der Waals surface area contributed by atoms with Crippen LogP contribution >= 0.6 is 0 Å². The number of allylic oxidation sites excluding steroid dienone is 1. The highest BCUT2D eigenvalue weighted by Crippen LogP contribution is 2.58. The smallest absolute Gasteiger partial charge is 0.338 e. The van der Waals surface area contributed by atoms with E-state index in [0.29, 0.717) is 29.7 Å². The molecule has 2 saturated carbocycles. The predicted molar refractivity (Wildman–Crippen MR) is 108 cm³/mol. The van der Waals surface area contributed by atoms with Crippen LogP contribution in [-0.4, -0.2) is 23.3 Å². The number of fused-ring (bicyclic) bond motifs is 1. The van der Waals surface area contributed by atoms with E-state index in [1.807, 2.05) is 37.3 Å². The summed E-state index contributed by atoms with van der Waals surface area (Å²) in [6.07, 6.45) is 10.5. The summed E-state index contributed by atoms with van der Waals surface area (Å²) in [4.78, 5) is 12.6. The molecule has 6 atom stereocenters. The van der Waals surface area contributed by atoms with Gasteiger partial charge in [-0.3, -0.25) is 0 Å². The molecule has 6 unspecified atom stereocenters. The van der Waals surface area contributed by atoms with E-state index in [4.69, 9.17) is 4.74 Å². The molecular weight excluding hydrogens is 336 g/mol. The summed E-state index contributed by atoms with van der Waals surface area (Å²) in [5.74, 6) is 1.38. The molecule has 1 aromatic rings. The summed E-state index contributed by atoms with van der Waals surface area (Å²) >= 11 is 0. The molecule has 3 nitrogen and oxygen atoms in total. The first-order chi connectivity index (χ1) is 12.9. The Bertz CT molecular complexity index is 651. The number of carbonyl (C=O) groups is 1. The lowest BCUT2D eigenvalue weighted by Gasteiger charge is -2.45. The Morgan fingerprint density at radius 2 is 2.00 bits per heavy atom. The zero-order valence-electron chi connectivity index (χ0n) is 16.9. The molecule has 0 heterocycles. The van der Waals surface area contributed by atoms with E-state index in [9.17, 15) is 9.90 Å². The number of esters is 1. The average Bonchev–Trinajstić information content (AvgIpc) is 3.00. The van der Waals surface area contributed by atoms with Crippen molar-refractivity contribution in [2.45, 2.75) is 71.5 Å². The van der Waals surface area contributed by atoms with Gasteiger partial charge in [-0.05, 0) is 74.8 Å². The molecule has 0 radical (unpaired) electrons. The Hall–Kier alpha value is -1.61. The van der Waals surface area contributed by atoms with Crippen LogP contribution in [0, 0.1) is 23.2 Å². The van der Waals surface area contributed by atoms with Crippen molar-refractivity contribution in [3.8, 4) is 0 Å². The van der Waals surface area contributed by atoms with Gasteiger partial charge in [0.2, 0.25) is 0 Å². The zero-order chi connectivity index (χ0) is 19.4. The average molecular weight is 371 g/mol. The van der Waals surface area contributed by atoms with Crippen LogP contribution in [0.4, 0.5) is 0 Å². The predicted octanol–water partition coefficient (Wildman–Crippen LogP) is 5.39. The molecule has 0 spiro atoms. The van der Waals surface area contributed by atoms with Gasteiger partial charge in [0.25, 0.3) is 0 Å². The SMILES string of the molecule is CC(O)CC=CC(C)C1CCC2C(OC(=O)c3ccccc3)CCCC12C. The third-order valence-electron chi connectivity index (χ3n) is 6.96. The lowest BCUT2D eigenvalue weighted by Crippen LogP contribution is -2.43. The molecule has 0 saturated heterocycles. The maximum absolute atomic E-state index is 12.6. The summed E-state index contributed by atoms with van der Waals surface area (Å²) in [5.41, 5.74) is 0.878. The molecule has 0 aromatic heterocycles. The number of benzene rings is 1. The van der Waals surface area contributed by atoms with Gasteiger partial charge in [0.15, 0.2) is 0 Å². The van der Waals surface area contributed by atoms with Gasteiger partial charge < -0.3 is 9.84 Å². The molecule has 148 valence electrons. The molecule has 2 aliphatic rings. The van der Waals surface area contributed by atoms with E-state index in [0.717, 1.165) is 19.3 Å². The Morgan fingerprint density at radius 3 is 2.70 bits per heavy atom. The van der Waals surface area contributed by atoms with Crippen LogP contribution in [0.2, 0.25) is 0 Å². The fourth-order valence-electron chi connectivity index (χ4n) is 5.57. The quantitative estimate of drug-likeness (QED) is 0.539. The first-order valence-electron chi connectivity index (χ1n) is 10.5. The number of hydrogen-bond donors (Lipinski definition) is 1. The zero-order valence-corrected chi connectivity index (χ0v) is 16.9. The highest BCUT2D eigenvalue weighted by atomic mass is 16.5. The van der Waals surface area contributed by atoms with Gasteiger partial charge in [-0.15, -0.1) is 0 Å². The Labute approximate surface area is 163 Å². The molecule has 0 bridgehead atoms. The van der Waals surface area contributed by atoms with Crippen molar-refractivity contribution in [2.24, 2.45) is 23.2 Å². The largest absolute Gasteiger partial charge is 0.458 e. The molecule has 2 aliphatic carbocycles. The monoisotopic (exact) mass is 370 g/mol. The summed E-state index contributed by atoms with van der Waals surface area (Å²) in [7, 11) is 0. The molecule has 0 amide bonds. The second-order valence-corrected chi connectivity index (χ2v) is 8.87. The van der Waals surface area contributed by atoms with Crippen molar-refractivity contribution < 1.29 is 14.6 Å². The van der Waals surface area contributed by atoms with Gasteiger partial charge in [-0.2, -0.15) is 0 Å². The molecular formula is C24H34O3. The Kier molecular flexibility index (Phi) is 6.41. The molecule has 1 N–H and O–H groups in total. The van der Waals surface area contributed by atoms with Crippen molar-refractivity contribution in [1.82, 2.24) is 0 Å². The fourth-order valence-corrected chi connectivity index (χ4v) is 5.57. The van der Waals surface area contributed by atoms with Gasteiger partial charge in [0, 0.05) is 5.92 Å². The van der Waals surface area contributed by atoms with E-state index in [1.54, 1.807) is 0 Å². The molecule has 2 fully saturated rings. The molecule has 1 aromatic carbocycles. The Balaban J connectivity index is 1.68. The van der Waals surface area contributed by atoms with Crippen LogP contribution < -0.4 is 0 Å². The summed E-state index contributed by atoms with van der Waals surface area (Å²) in [5, 5.41) is 9.48. The lowest BCUT2D eigenvalue weighted by atomic mass is 9.62. The molecule has 27 heavy (non-hydrogen) atoms. The number of carbonyl (C=O) groups excluding carboxylic acids is 1. The van der Waals surface area contributed by atoms with E-state index < -0.39 is 0 Å². The highest BCUT2D eigenvalue weighted by Gasteiger charge is 2.53. The first-order valence-corrected chi connectivity index (χ1v) is 10.5. The van der Waals surface area contributed by atoms with Crippen LogP contribution in [0.25, 0.3) is 0 Å². The maximum atomic E-state index is 12.6. The minimum atomic E-state index is -0.281. The minimum absolute atomic E-state index is 0.0371. The second kappa shape index (κ2) is 8.60. The van der Waals surface area contributed by atoms with E-state index in [2.05, 4.69) is 26.0 Å². The van der Waals surface area contributed by atoms with Crippen LogP contribution in [0.1, 0.15) is 69.7 Å². The van der Waals surface area contributed by atoms with Gasteiger partial charge in [-0.1, -0.05) is 44.2 Å². The summed E-state index contributed by atoms with van der Waals surface area (Å²) < 4.78 is 6.01. The number of hydrogen-bond acceptors (Lipinski definition) is 3. The molecule has 3 rings (SSSR count). The summed E-state index contributed by atoms with van der Waals surface area (Å²) in [6.45, 7) is 6.54. The maximum Gasteiger partial charge on any atom is 0.338 e. The van der Waals surface area contributed by atoms with E-state index in [-0.39, 0.29) is 23.6 Å². The fraction of sp³-hybridized carbons (Fsp3) is 0.625. The topological polar surface area (TPSA) is 46.5 Å². The standard InChI is InChI=1S/C24H34O3/c1-17(9-7-10-18(2)25)20-14-15-21-22(13-8-16-24(20,21)3)27-23(26)19-11-5-4-6-12-19/h4-7,9,11-12,17-18,20-22,25H,8,10,13-16H2,1-3H3. The summed E-state index contributed by atoms with van der Waals surface area (Å²) in [6, 6.07) is 9.35. The molecule has 3 heteroatoms. The second-order valence-electron chi connectivity index (χ2n) is 8.87. The van der Waals surface area contributed by atoms with Crippen molar-refractivity contribution in [2.75, 3.05) is 0 Å². The van der Waals surface area contributed by atoms with Gasteiger partial charge >= 0.3 is 5.97 Å². The normalized spacial score (nSPS) is 32.8. The lowest BCUT2D eigenvalue weighted by molar-refractivity contribution is -0.0444. The first kappa shape index (κ1) is 20.1. The van der Waals surface area contributed by atoms with Crippen molar-refractivity contribution in [3.05, 3.63) is 48.0 Å². The van der Waals surface area contributed by atoms with E-state index >= 15 is 0 Å². The number of aliphatic hydroxyl groups excluding tert-OH is 1. The minimum Gasteiger partial charge on any atom is -0.458 e. The number of aliphatic hydroxyl groups is 1. The van der Waals surface area contributed by atoms with Crippen LogP contribution in [-0.2, 0) is 4.74 Å². The van der Waals surface area contributed by atoms with Gasteiger partial charge in [-0.25, -0.2) is 4.79 Å². The van der Waals surface area contributed by atoms with Gasteiger partial charge in [0.1, 0.15) is 6.10 Å². The third-order valence-corrected chi connectivity index (χ3v) is 6.96. The van der Waals surface area contributed by atoms with E-state index in [1.165, 1.54) is 12.8 Å². The Morgan fingerprint density at radius 1 is 1.26 bits per heavy atom. The molecule has 0 aliphatic heterocycles. The van der Waals surface area contributed by atoms with Crippen LogP contribution in [0.3, 0.4) is 0 Å². The van der Waals surface area contributed by atoms with Crippen molar-refractivity contribution in [3.63, 3.8) is 0 Å². The van der Waals surface area contributed by atoms with Crippen LogP contribution in [0.15, 0.2) is 42.5 Å². The van der Waals surface area contributed by atoms with Crippen molar-refractivity contribution in [1.29, 1.82) is 0 Å². The third kappa shape index (κ3) is 4.45. The number of rotatable bonds is 6.